The van der Waals surface area contributed by atoms with Crippen molar-refractivity contribution in [2.75, 3.05) is 5.32 Å². The fourth-order valence-electron chi connectivity index (χ4n) is 2.55. The molecule has 0 unspecified atom stereocenters. The minimum atomic E-state index is -0.541. The lowest BCUT2D eigenvalue weighted by Gasteiger charge is -2.09. The second-order valence-corrected chi connectivity index (χ2v) is 7.79. The second-order valence-electron chi connectivity index (χ2n) is 5.75. The number of benzene rings is 1. The number of amides is 2. The van der Waals surface area contributed by atoms with Crippen LogP contribution in [0.4, 0.5) is 5.69 Å². The molecule has 25 heavy (non-hydrogen) atoms. The molecule has 1 aromatic carbocycles. The third-order valence-electron chi connectivity index (χ3n) is 3.81. The molecule has 132 valence electrons. The highest BCUT2D eigenvalue weighted by atomic mass is 35.5. The maximum absolute atomic E-state index is 12.2. The van der Waals surface area contributed by atoms with Crippen LogP contribution >= 0.6 is 35.0 Å². The average molecular weight is 399 g/mol. The molecule has 0 spiro atoms. The number of nitrogens with zero attached hydrogens (tertiary/aromatic N) is 2. The summed E-state index contributed by atoms with van der Waals surface area (Å²) in [6.07, 6.45) is 4.20. The van der Waals surface area contributed by atoms with Gasteiger partial charge in [0.1, 0.15) is 5.25 Å². The third-order valence-corrected chi connectivity index (χ3v) is 5.45. The lowest BCUT2D eigenvalue weighted by atomic mass is 10.2. The predicted molar refractivity (Wildman–Crippen MR) is 103 cm³/mol. The van der Waals surface area contributed by atoms with Crippen LogP contribution in [0.25, 0.3) is 0 Å². The Kier molecular flexibility index (Phi) is 5.98. The van der Waals surface area contributed by atoms with Crippen molar-refractivity contribution in [3.63, 3.8) is 0 Å². The fourth-order valence-corrected chi connectivity index (χ4v) is 3.80. The van der Waals surface area contributed by atoms with Gasteiger partial charge in [0.2, 0.25) is 11.8 Å². The van der Waals surface area contributed by atoms with Gasteiger partial charge in [-0.2, -0.15) is 5.10 Å². The van der Waals surface area contributed by atoms with Crippen molar-refractivity contribution < 1.29 is 9.59 Å². The highest BCUT2D eigenvalue weighted by Gasteiger charge is 2.32. The van der Waals surface area contributed by atoms with Crippen LogP contribution in [0.1, 0.15) is 32.1 Å². The first-order chi connectivity index (χ1) is 12.0. The highest BCUT2D eigenvalue weighted by Crippen LogP contribution is 2.27. The molecule has 2 N–H and O–H groups in total. The molecule has 1 aromatic rings. The molecule has 3 rings (SSSR count). The van der Waals surface area contributed by atoms with Crippen molar-refractivity contribution in [1.29, 1.82) is 0 Å². The minimum absolute atomic E-state index is 0.00886. The van der Waals surface area contributed by atoms with Crippen molar-refractivity contribution in [2.45, 2.75) is 37.4 Å². The Hall–Kier alpha value is -1.57. The molecule has 1 atom stereocenters. The van der Waals surface area contributed by atoms with E-state index in [1.807, 2.05) is 0 Å². The van der Waals surface area contributed by atoms with Gasteiger partial charge in [0.15, 0.2) is 5.17 Å². The van der Waals surface area contributed by atoms with Crippen LogP contribution < -0.4 is 10.6 Å². The summed E-state index contributed by atoms with van der Waals surface area (Å²) in [5, 5.41) is 14.3. The largest absolute Gasteiger partial charge is 0.325 e. The first-order valence-electron chi connectivity index (χ1n) is 7.87. The quantitative estimate of drug-likeness (QED) is 0.755. The Morgan fingerprint density at radius 1 is 1.28 bits per heavy atom. The van der Waals surface area contributed by atoms with Crippen molar-refractivity contribution >= 4 is 63.3 Å². The number of hydrogen-bond donors (Lipinski definition) is 2. The van der Waals surface area contributed by atoms with Gasteiger partial charge in [-0.15, -0.1) is 5.10 Å². The smallest absolute Gasteiger partial charge is 0.240 e. The zero-order valence-corrected chi connectivity index (χ0v) is 15.5. The fraction of sp³-hybridized carbons (Fsp3) is 0.375. The highest BCUT2D eigenvalue weighted by molar-refractivity contribution is 8.15. The minimum Gasteiger partial charge on any atom is -0.325 e. The van der Waals surface area contributed by atoms with Gasteiger partial charge >= 0.3 is 0 Å². The first-order valence-corrected chi connectivity index (χ1v) is 9.50. The maximum atomic E-state index is 12.2. The Morgan fingerprint density at radius 3 is 2.80 bits per heavy atom. The normalized spacial score (nSPS) is 21.5. The van der Waals surface area contributed by atoms with E-state index in [9.17, 15) is 9.59 Å². The zero-order chi connectivity index (χ0) is 17.8. The van der Waals surface area contributed by atoms with E-state index >= 15 is 0 Å². The molecule has 2 amide bonds. The third kappa shape index (κ3) is 4.96. The molecule has 1 saturated carbocycles. The number of amidine groups is 1. The molecule has 0 aromatic heterocycles. The lowest BCUT2D eigenvalue weighted by molar-refractivity contribution is -0.122. The number of rotatable bonds is 4. The van der Waals surface area contributed by atoms with E-state index in [0.717, 1.165) is 31.4 Å². The van der Waals surface area contributed by atoms with Crippen molar-refractivity contribution in [2.24, 2.45) is 10.2 Å². The van der Waals surface area contributed by atoms with Gasteiger partial charge in [-0.05, 0) is 43.9 Å². The van der Waals surface area contributed by atoms with Crippen LogP contribution in [0, 0.1) is 0 Å². The van der Waals surface area contributed by atoms with Crippen LogP contribution in [0.5, 0.6) is 0 Å². The molecule has 2 fully saturated rings. The number of hydrogen-bond acceptors (Lipinski definition) is 5. The molecule has 1 aliphatic heterocycles. The van der Waals surface area contributed by atoms with E-state index < -0.39 is 5.25 Å². The number of nitrogens with one attached hydrogen (secondary N) is 2. The molecule has 1 heterocycles. The Morgan fingerprint density at radius 2 is 2.04 bits per heavy atom. The van der Waals surface area contributed by atoms with E-state index in [1.54, 1.807) is 18.2 Å². The van der Waals surface area contributed by atoms with Gasteiger partial charge in [0.25, 0.3) is 0 Å². The Bertz CT molecular complexity index is 759. The number of halogens is 2. The van der Waals surface area contributed by atoms with Gasteiger partial charge in [-0.1, -0.05) is 35.0 Å². The van der Waals surface area contributed by atoms with Crippen LogP contribution in [0.2, 0.25) is 10.0 Å². The van der Waals surface area contributed by atoms with E-state index in [2.05, 4.69) is 20.8 Å². The summed E-state index contributed by atoms with van der Waals surface area (Å²) < 4.78 is 0. The van der Waals surface area contributed by atoms with Crippen molar-refractivity contribution in [3.05, 3.63) is 28.2 Å². The number of thioether (sulfide) groups is 1. The molecule has 2 aliphatic rings. The standard InChI is InChI=1S/C16H16Cl2N4O2S/c17-9-5-6-11(18)12(7-9)19-14(23)8-13-15(24)20-16(25-13)22-21-10-3-1-2-4-10/h5-7,13H,1-4,8H2,(H,19,23)(H,20,22,24)/t13-/m1/s1. The van der Waals surface area contributed by atoms with E-state index in [0.29, 0.717) is 20.9 Å². The molecule has 0 radical (unpaired) electrons. The van der Waals surface area contributed by atoms with Gasteiger partial charge in [0.05, 0.1) is 10.7 Å². The zero-order valence-electron chi connectivity index (χ0n) is 13.2. The number of carbonyl (C=O) groups is 2. The van der Waals surface area contributed by atoms with Gasteiger partial charge < -0.3 is 10.6 Å². The summed E-state index contributed by atoms with van der Waals surface area (Å²) >= 11 is 13.1. The predicted octanol–water partition coefficient (Wildman–Crippen LogP) is 3.84. The summed E-state index contributed by atoms with van der Waals surface area (Å²) in [4.78, 5) is 24.2. The van der Waals surface area contributed by atoms with Crippen molar-refractivity contribution in [3.8, 4) is 0 Å². The molecule has 0 bridgehead atoms. The first kappa shape index (κ1) is 18.2. The monoisotopic (exact) mass is 398 g/mol. The SMILES string of the molecule is O=C(C[C@H]1S/C(=N/N=C2CCCC2)NC1=O)Nc1cc(Cl)ccc1Cl. The summed E-state index contributed by atoms with van der Waals surface area (Å²) in [7, 11) is 0. The summed E-state index contributed by atoms with van der Waals surface area (Å²) in [5.74, 6) is -0.567. The summed E-state index contributed by atoms with van der Waals surface area (Å²) in [6.45, 7) is 0. The lowest BCUT2D eigenvalue weighted by Crippen LogP contribution is -2.28. The van der Waals surface area contributed by atoms with Crippen LogP contribution in [0.3, 0.4) is 0 Å². The Labute approximate surface area is 159 Å². The van der Waals surface area contributed by atoms with Gasteiger partial charge in [-0.3, -0.25) is 9.59 Å². The van der Waals surface area contributed by atoms with Crippen LogP contribution in [-0.2, 0) is 9.59 Å². The number of carbonyl (C=O) groups excluding carboxylic acids is 2. The van der Waals surface area contributed by atoms with Crippen LogP contribution in [0.15, 0.2) is 28.4 Å². The van der Waals surface area contributed by atoms with Crippen LogP contribution in [-0.4, -0.2) is 27.9 Å². The molecule has 1 saturated heterocycles. The molecular weight excluding hydrogens is 383 g/mol. The maximum Gasteiger partial charge on any atom is 0.240 e. The number of anilines is 1. The Balaban J connectivity index is 1.58. The topological polar surface area (TPSA) is 82.9 Å². The van der Waals surface area contributed by atoms with Crippen molar-refractivity contribution in [1.82, 2.24) is 5.32 Å². The van der Waals surface area contributed by atoms with E-state index in [-0.39, 0.29) is 18.2 Å². The van der Waals surface area contributed by atoms with Gasteiger partial charge in [0, 0.05) is 17.2 Å². The molecule has 1 aliphatic carbocycles. The molecular formula is C16H16Cl2N4O2S. The molecule has 9 heteroatoms. The second kappa shape index (κ2) is 8.21. The molecule has 6 nitrogen and oxygen atoms in total. The summed E-state index contributed by atoms with van der Waals surface area (Å²) in [6, 6.07) is 4.80. The van der Waals surface area contributed by atoms with Gasteiger partial charge in [-0.25, -0.2) is 0 Å². The van der Waals surface area contributed by atoms with E-state index in [1.165, 1.54) is 11.8 Å². The summed E-state index contributed by atoms with van der Waals surface area (Å²) in [5.41, 5.74) is 1.48. The average Bonchev–Trinajstić information content (AvgIpc) is 3.19. The van der Waals surface area contributed by atoms with E-state index in [4.69, 9.17) is 23.2 Å².